The SMILES string of the molecule is COc1cc(-c2cn(C)c(=O)c3cnccc23)cc(OC)c1CN1CCC2(CC1)CCN(c1ccc(C(=O)O)nc1)CC2. The molecule has 3 aromatic heterocycles. The second-order valence-electron chi connectivity index (χ2n) is 11.7. The normalized spacial score (nSPS) is 16.9. The molecule has 1 N–H and O–H groups in total. The standard InChI is InChI=1S/C33H37N5O5/c1-36-20-26(24-6-11-34-19-25(24)31(36)39)22-16-29(42-2)27(30(17-22)43-3)21-37-12-7-33(8-13-37)9-14-38(15-10-33)23-4-5-28(32(40)41)35-18-23/h4-6,11,16-20H,7-10,12-15,21H2,1-3H3,(H,40,41). The first-order chi connectivity index (χ1) is 20.8. The van der Waals surface area contributed by atoms with Crippen LogP contribution in [0.5, 0.6) is 11.5 Å². The molecule has 0 saturated carbocycles. The smallest absolute Gasteiger partial charge is 0.354 e. The summed E-state index contributed by atoms with van der Waals surface area (Å²) >= 11 is 0. The van der Waals surface area contributed by atoms with E-state index in [2.05, 4.69) is 19.8 Å². The van der Waals surface area contributed by atoms with E-state index in [9.17, 15) is 9.59 Å². The fraction of sp³-hybridized carbons (Fsp3) is 0.394. The van der Waals surface area contributed by atoms with Crippen LogP contribution in [0, 0.1) is 5.41 Å². The van der Waals surface area contributed by atoms with E-state index >= 15 is 0 Å². The van der Waals surface area contributed by atoms with Gasteiger partial charge < -0.3 is 24.0 Å². The van der Waals surface area contributed by atoms with Gasteiger partial charge in [-0.25, -0.2) is 9.78 Å². The summed E-state index contributed by atoms with van der Waals surface area (Å²) in [5.74, 6) is 0.529. The van der Waals surface area contributed by atoms with Gasteiger partial charge in [0.05, 0.1) is 37.1 Å². The lowest BCUT2D eigenvalue weighted by atomic mass is 9.71. The number of carboxylic acids is 1. The van der Waals surface area contributed by atoms with E-state index in [4.69, 9.17) is 14.6 Å². The van der Waals surface area contributed by atoms with Crippen molar-refractivity contribution in [1.82, 2.24) is 19.4 Å². The van der Waals surface area contributed by atoms with Gasteiger partial charge in [-0.05, 0) is 85.5 Å². The highest BCUT2D eigenvalue weighted by molar-refractivity contribution is 5.95. The first-order valence-electron chi connectivity index (χ1n) is 14.7. The lowest BCUT2D eigenvalue weighted by Crippen LogP contribution is -2.46. The number of piperidine rings is 2. The van der Waals surface area contributed by atoms with Crippen molar-refractivity contribution < 1.29 is 19.4 Å². The van der Waals surface area contributed by atoms with Gasteiger partial charge in [0.2, 0.25) is 0 Å². The number of carboxylic acid groups (broad SMARTS) is 1. The summed E-state index contributed by atoms with van der Waals surface area (Å²) in [5.41, 5.74) is 4.17. The fourth-order valence-corrected chi connectivity index (χ4v) is 6.68. The molecule has 1 aromatic carbocycles. The van der Waals surface area contributed by atoms with Gasteiger partial charge in [-0.1, -0.05) is 0 Å². The summed E-state index contributed by atoms with van der Waals surface area (Å²) in [7, 11) is 5.13. The van der Waals surface area contributed by atoms with E-state index < -0.39 is 5.97 Å². The maximum absolute atomic E-state index is 12.7. The number of rotatable bonds is 7. The number of likely N-dealkylation sites (tertiary alicyclic amines) is 1. The Labute approximate surface area is 250 Å². The number of anilines is 1. The van der Waals surface area contributed by atoms with Crippen molar-refractivity contribution in [1.29, 1.82) is 0 Å². The second kappa shape index (κ2) is 11.7. The molecular weight excluding hydrogens is 546 g/mol. The van der Waals surface area contributed by atoms with E-state index in [-0.39, 0.29) is 11.3 Å². The zero-order valence-corrected chi connectivity index (χ0v) is 24.9. The summed E-state index contributed by atoms with van der Waals surface area (Å²) in [6.45, 7) is 4.64. The van der Waals surface area contributed by atoms with Crippen molar-refractivity contribution in [3.05, 3.63) is 76.7 Å². The van der Waals surface area contributed by atoms with Crippen LogP contribution in [0.2, 0.25) is 0 Å². The number of fused-ring (bicyclic) bond motifs is 1. The Kier molecular flexibility index (Phi) is 7.79. The minimum atomic E-state index is -1.00. The van der Waals surface area contributed by atoms with Crippen molar-refractivity contribution >= 4 is 22.4 Å². The number of hydrogen-bond acceptors (Lipinski definition) is 8. The summed E-state index contributed by atoms with van der Waals surface area (Å²) in [6.07, 6.45) is 11.4. The summed E-state index contributed by atoms with van der Waals surface area (Å²) in [6, 6.07) is 9.39. The van der Waals surface area contributed by atoms with Crippen LogP contribution in [0.15, 0.2) is 59.9 Å². The second-order valence-corrected chi connectivity index (χ2v) is 11.7. The van der Waals surface area contributed by atoms with Crippen LogP contribution in [0.25, 0.3) is 21.9 Å². The largest absolute Gasteiger partial charge is 0.496 e. The summed E-state index contributed by atoms with van der Waals surface area (Å²) in [5, 5.41) is 10.5. The quantitative estimate of drug-likeness (QED) is 0.334. The van der Waals surface area contributed by atoms with Crippen LogP contribution in [-0.4, -0.2) is 70.9 Å². The van der Waals surface area contributed by atoms with Crippen LogP contribution < -0.4 is 19.9 Å². The average molecular weight is 584 g/mol. The fourth-order valence-electron chi connectivity index (χ4n) is 6.68. The molecule has 2 saturated heterocycles. The number of ether oxygens (including phenoxy) is 2. The monoisotopic (exact) mass is 583 g/mol. The molecule has 0 aliphatic carbocycles. The molecule has 43 heavy (non-hydrogen) atoms. The van der Waals surface area contributed by atoms with E-state index in [1.54, 1.807) is 50.5 Å². The molecular formula is C33H37N5O5. The highest BCUT2D eigenvalue weighted by Crippen LogP contribution is 2.44. The van der Waals surface area contributed by atoms with E-state index in [0.717, 1.165) is 97.7 Å². The molecule has 5 heterocycles. The molecule has 224 valence electrons. The molecule has 0 radical (unpaired) electrons. The number of pyridine rings is 3. The Bertz CT molecular complexity index is 1670. The third kappa shape index (κ3) is 5.54. The van der Waals surface area contributed by atoms with Crippen LogP contribution in [-0.2, 0) is 13.6 Å². The molecule has 2 aliphatic rings. The van der Waals surface area contributed by atoms with E-state index in [1.807, 2.05) is 30.5 Å². The maximum atomic E-state index is 12.7. The first-order valence-corrected chi connectivity index (χ1v) is 14.7. The average Bonchev–Trinajstić information content (AvgIpc) is 3.04. The van der Waals surface area contributed by atoms with Crippen molar-refractivity contribution in [3.63, 3.8) is 0 Å². The van der Waals surface area contributed by atoms with Gasteiger partial charge in [0.25, 0.3) is 5.56 Å². The Hall–Kier alpha value is -4.44. The molecule has 10 nitrogen and oxygen atoms in total. The lowest BCUT2D eigenvalue weighted by molar-refractivity contribution is 0.0690. The molecule has 0 amide bonds. The third-order valence-electron chi connectivity index (χ3n) is 9.36. The van der Waals surface area contributed by atoms with Gasteiger partial charge in [-0.15, -0.1) is 0 Å². The molecule has 10 heteroatoms. The van der Waals surface area contributed by atoms with Gasteiger partial charge >= 0.3 is 5.97 Å². The zero-order valence-electron chi connectivity index (χ0n) is 24.9. The number of aromatic nitrogens is 3. The minimum Gasteiger partial charge on any atom is -0.496 e. The predicted octanol–water partition coefficient (Wildman–Crippen LogP) is 4.59. The molecule has 0 bridgehead atoms. The zero-order chi connectivity index (χ0) is 30.1. The molecule has 0 atom stereocenters. The molecule has 1 spiro atoms. The van der Waals surface area contributed by atoms with Gasteiger partial charge in [-0.3, -0.25) is 14.7 Å². The summed E-state index contributed by atoms with van der Waals surface area (Å²) in [4.78, 5) is 36.9. The van der Waals surface area contributed by atoms with Gasteiger partial charge in [-0.2, -0.15) is 0 Å². The number of benzene rings is 1. The predicted molar refractivity (Wildman–Crippen MR) is 165 cm³/mol. The van der Waals surface area contributed by atoms with Gasteiger partial charge in [0.1, 0.15) is 17.2 Å². The van der Waals surface area contributed by atoms with Crippen LogP contribution in [0.3, 0.4) is 0 Å². The van der Waals surface area contributed by atoms with Crippen LogP contribution >= 0.6 is 0 Å². The van der Waals surface area contributed by atoms with Crippen LogP contribution in [0.1, 0.15) is 41.7 Å². The molecule has 6 rings (SSSR count). The number of aromatic carboxylic acids is 1. The Balaban J connectivity index is 1.16. The molecule has 2 fully saturated rings. The highest BCUT2D eigenvalue weighted by Gasteiger charge is 2.38. The van der Waals surface area contributed by atoms with Gasteiger partial charge in [0.15, 0.2) is 0 Å². The lowest BCUT2D eigenvalue weighted by Gasteiger charge is -2.47. The number of carbonyl (C=O) groups is 1. The van der Waals surface area contributed by atoms with Crippen molar-refractivity contribution in [2.24, 2.45) is 12.5 Å². The molecule has 0 unspecified atom stereocenters. The molecule has 2 aliphatic heterocycles. The van der Waals surface area contributed by atoms with Crippen molar-refractivity contribution in [2.45, 2.75) is 32.2 Å². The first kappa shape index (κ1) is 28.7. The maximum Gasteiger partial charge on any atom is 0.354 e. The van der Waals surface area contributed by atoms with Crippen molar-refractivity contribution in [3.8, 4) is 22.6 Å². The van der Waals surface area contributed by atoms with Crippen LogP contribution in [0.4, 0.5) is 5.69 Å². The minimum absolute atomic E-state index is 0.0746. The van der Waals surface area contributed by atoms with E-state index in [1.165, 1.54) is 0 Å². The highest BCUT2D eigenvalue weighted by atomic mass is 16.5. The Morgan fingerprint density at radius 2 is 1.63 bits per heavy atom. The topological polar surface area (TPSA) is 110 Å². The number of hydrogen-bond donors (Lipinski definition) is 1. The Morgan fingerprint density at radius 1 is 0.953 bits per heavy atom. The third-order valence-corrected chi connectivity index (χ3v) is 9.36. The molecule has 4 aromatic rings. The van der Waals surface area contributed by atoms with Gasteiger partial charge in [0, 0.05) is 50.8 Å². The number of methoxy groups -OCH3 is 2. The van der Waals surface area contributed by atoms with E-state index in [0.29, 0.717) is 10.8 Å². The number of aryl methyl sites for hydroxylation is 1. The van der Waals surface area contributed by atoms with Crippen molar-refractivity contribution in [2.75, 3.05) is 45.3 Å². The number of nitrogens with zero attached hydrogens (tertiary/aromatic N) is 5. The summed E-state index contributed by atoms with van der Waals surface area (Å²) < 4.78 is 13.4. The Morgan fingerprint density at radius 3 is 2.23 bits per heavy atom.